The normalized spacial score (nSPS) is 11.9. The number of hydrogen-bond acceptors (Lipinski definition) is 4. The average Bonchev–Trinajstić information content (AvgIpc) is 2.99. The van der Waals surface area contributed by atoms with Gasteiger partial charge in [-0.05, 0) is 37.3 Å². The van der Waals surface area contributed by atoms with Crippen molar-refractivity contribution in [1.82, 2.24) is 9.55 Å². The Labute approximate surface area is 144 Å². The maximum absolute atomic E-state index is 12.7. The van der Waals surface area contributed by atoms with Gasteiger partial charge in [-0.3, -0.25) is 9.59 Å². The highest BCUT2D eigenvalue weighted by Gasteiger charge is 2.25. The third-order valence-corrected chi connectivity index (χ3v) is 4.76. The fourth-order valence-electron chi connectivity index (χ4n) is 3.39. The van der Waals surface area contributed by atoms with E-state index in [-0.39, 0.29) is 11.3 Å². The van der Waals surface area contributed by atoms with Crippen molar-refractivity contribution in [2.24, 2.45) is 0 Å². The van der Waals surface area contributed by atoms with E-state index in [0.29, 0.717) is 35.3 Å². The summed E-state index contributed by atoms with van der Waals surface area (Å²) in [5.41, 5.74) is 4.52. The average molecular weight is 329 g/mol. The van der Waals surface area contributed by atoms with Gasteiger partial charge < -0.3 is 4.57 Å². The minimum atomic E-state index is -0.144. The lowest BCUT2D eigenvalue weighted by Gasteiger charge is -2.09. The number of carbonyl (C=O) groups is 1. The monoisotopic (exact) mass is 329 g/mol. The fourth-order valence-corrected chi connectivity index (χ4v) is 3.39. The van der Waals surface area contributed by atoms with Crippen molar-refractivity contribution in [3.8, 4) is 17.5 Å². The zero-order valence-corrected chi connectivity index (χ0v) is 14.0. The fraction of sp³-hybridized carbons (Fsp3) is 0.200. The molecule has 0 saturated carbocycles. The predicted molar refractivity (Wildman–Crippen MR) is 94.6 cm³/mol. The number of nitrogens with zero attached hydrogens (tertiary/aromatic N) is 3. The van der Waals surface area contributed by atoms with Gasteiger partial charge in [0, 0.05) is 28.5 Å². The number of hydrogen-bond donors (Lipinski definition) is 0. The van der Waals surface area contributed by atoms with Crippen molar-refractivity contribution in [3.05, 3.63) is 62.9 Å². The molecule has 0 fully saturated rings. The van der Waals surface area contributed by atoms with Gasteiger partial charge in [0.25, 0.3) is 5.56 Å². The molecule has 5 heteroatoms. The Morgan fingerprint density at radius 2 is 2.12 bits per heavy atom. The molecule has 3 aromatic rings. The van der Waals surface area contributed by atoms with Gasteiger partial charge in [0.15, 0.2) is 5.78 Å². The van der Waals surface area contributed by atoms with Crippen LogP contribution in [0.4, 0.5) is 0 Å². The highest BCUT2D eigenvalue weighted by atomic mass is 16.1. The van der Waals surface area contributed by atoms with E-state index in [1.165, 1.54) is 0 Å². The second kappa shape index (κ2) is 5.38. The van der Waals surface area contributed by atoms with E-state index in [4.69, 9.17) is 5.26 Å². The molecule has 0 N–H and O–H groups in total. The molecule has 0 atom stereocenters. The summed E-state index contributed by atoms with van der Waals surface area (Å²) >= 11 is 0. The Hall–Kier alpha value is -3.26. The van der Waals surface area contributed by atoms with Crippen LogP contribution >= 0.6 is 0 Å². The first kappa shape index (κ1) is 15.3. The van der Waals surface area contributed by atoms with Gasteiger partial charge in [-0.1, -0.05) is 6.92 Å². The van der Waals surface area contributed by atoms with Crippen LogP contribution in [0, 0.1) is 18.3 Å². The van der Waals surface area contributed by atoms with Crippen molar-refractivity contribution < 1.29 is 4.79 Å². The minimum absolute atomic E-state index is 0.0362. The van der Waals surface area contributed by atoms with Gasteiger partial charge in [0.1, 0.15) is 0 Å². The molecular weight excluding hydrogens is 314 g/mol. The second-order valence-electron chi connectivity index (χ2n) is 6.25. The van der Waals surface area contributed by atoms with Gasteiger partial charge in [-0.25, -0.2) is 4.98 Å². The molecule has 1 aliphatic rings. The van der Waals surface area contributed by atoms with E-state index in [1.807, 2.05) is 6.07 Å². The molecule has 0 radical (unpaired) electrons. The molecule has 1 aliphatic heterocycles. The number of aromatic nitrogens is 2. The number of ketones is 1. The molecule has 5 nitrogen and oxygen atoms in total. The number of fused-ring (bicyclic) bond motifs is 4. The van der Waals surface area contributed by atoms with E-state index >= 15 is 0 Å². The maximum atomic E-state index is 12.7. The van der Waals surface area contributed by atoms with E-state index in [9.17, 15) is 9.59 Å². The summed E-state index contributed by atoms with van der Waals surface area (Å²) in [4.78, 5) is 29.6. The molecule has 0 aliphatic carbocycles. The van der Waals surface area contributed by atoms with Crippen molar-refractivity contribution in [2.75, 3.05) is 0 Å². The second-order valence-corrected chi connectivity index (χ2v) is 6.25. The van der Waals surface area contributed by atoms with Gasteiger partial charge in [-0.15, -0.1) is 0 Å². The highest BCUT2D eigenvalue weighted by molar-refractivity contribution is 5.98. The summed E-state index contributed by atoms with van der Waals surface area (Å²) in [7, 11) is 0. The van der Waals surface area contributed by atoms with Crippen molar-refractivity contribution in [1.29, 1.82) is 5.26 Å². The summed E-state index contributed by atoms with van der Waals surface area (Å²) in [6.07, 6.45) is 0.360. The van der Waals surface area contributed by atoms with E-state index in [0.717, 1.165) is 22.2 Å². The van der Waals surface area contributed by atoms with Gasteiger partial charge in [0.2, 0.25) is 0 Å². The molecule has 25 heavy (non-hydrogen) atoms. The minimum Gasteiger partial charge on any atom is -0.302 e. The van der Waals surface area contributed by atoms with Crippen LogP contribution in [0.5, 0.6) is 0 Å². The van der Waals surface area contributed by atoms with Gasteiger partial charge in [0.05, 0.1) is 35.1 Å². The third-order valence-electron chi connectivity index (χ3n) is 4.76. The molecule has 0 saturated heterocycles. The summed E-state index contributed by atoms with van der Waals surface area (Å²) in [6, 6.07) is 11.2. The lowest BCUT2D eigenvalue weighted by molar-refractivity contribution is 0.0987. The molecule has 2 aromatic heterocycles. The van der Waals surface area contributed by atoms with Crippen LogP contribution < -0.4 is 5.56 Å². The zero-order chi connectivity index (χ0) is 17.7. The first-order valence-corrected chi connectivity index (χ1v) is 8.15. The number of rotatable bonds is 2. The van der Waals surface area contributed by atoms with Crippen LogP contribution in [0.2, 0.25) is 0 Å². The third kappa shape index (κ3) is 2.18. The molecule has 4 rings (SSSR count). The molecule has 0 spiro atoms. The highest BCUT2D eigenvalue weighted by Crippen LogP contribution is 2.32. The molecule has 0 unspecified atom stereocenters. The maximum Gasteiger partial charge on any atom is 0.255 e. The number of nitriles is 1. The summed E-state index contributed by atoms with van der Waals surface area (Å²) in [5, 5.41) is 9.93. The summed E-state index contributed by atoms with van der Waals surface area (Å²) in [5.74, 6) is -0.0362. The first-order valence-electron chi connectivity index (χ1n) is 8.15. The molecule has 122 valence electrons. The van der Waals surface area contributed by atoms with Crippen LogP contribution in [0.1, 0.15) is 40.4 Å². The number of Topliss-reactive ketones (excluding diaryl/α,β-unsaturated/α-hetero) is 1. The standard InChI is InChI=1S/C20H15N3O2/c1-3-18(24)15-8-17-19-14(10-23(17)20(25)11(15)2)7-13-6-12(9-21)4-5-16(13)22-19/h4-8H,3,10H2,1-2H3. The molecular formula is C20H15N3O2. The Morgan fingerprint density at radius 1 is 1.32 bits per heavy atom. The SMILES string of the molecule is CCC(=O)c1cc2n(c(=O)c1C)Cc1cc3cc(C#N)ccc3nc1-2. The van der Waals surface area contributed by atoms with Gasteiger partial charge >= 0.3 is 0 Å². The molecule has 3 heterocycles. The van der Waals surface area contributed by atoms with E-state index in [1.54, 1.807) is 42.7 Å². The van der Waals surface area contributed by atoms with Crippen LogP contribution in [-0.2, 0) is 6.54 Å². The first-order chi connectivity index (χ1) is 12.0. The quantitative estimate of drug-likeness (QED) is 0.529. The topological polar surface area (TPSA) is 75.8 Å². The molecule has 1 aromatic carbocycles. The number of benzene rings is 1. The summed E-state index contributed by atoms with van der Waals surface area (Å²) in [6.45, 7) is 3.92. The number of pyridine rings is 2. The van der Waals surface area contributed by atoms with Crippen LogP contribution in [0.25, 0.3) is 22.3 Å². The zero-order valence-electron chi connectivity index (χ0n) is 14.0. The Kier molecular flexibility index (Phi) is 3.29. The van der Waals surface area contributed by atoms with Crippen molar-refractivity contribution >= 4 is 16.7 Å². The molecule has 0 bridgehead atoms. The molecule has 0 amide bonds. The lowest BCUT2D eigenvalue weighted by Crippen LogP contribution is -2.24. The smallest absolute Gasteiger partial charge is 0.255 e. The van der Waals surface area contributed by atoms with Crippen LogP contribution in [0.15, 0.2) is 35.1 Å². The largest absolute Gasteiger partial charge is 0.302 e. The van der Waals surface area contributed by atoms with Crippen molar-refractivity contribution in [2.45, 2.75) is 26.8 Å². The Morgan fingerprint density at radius 3 is 2.84 bits per heavy atom. The predicted octanol–water partition coefficient (Wildman–Crippen LogP) is 3.20. The van der Waals surface area contributed by atoms with Crippen molar-refractivity contribution in [3.63, 3.8) is 0 Å². The van der Waals surface area contributed by atoms with E-state index < -0.39 is 0 Å². The van der Waals surface area contributed by atoms with Gasteiger partial charge in [-0.2, -0.15) is 5.26 Å². The Balaban J connectivity index is 1.99. The van der Waals surface area contributed by atoms with E-state index in [2.05, 4.69) is 11.1 Å². The lowest BCUT2D eigenvalue weighted by atomic mass is 10.0. The number of carbonyl (C=O) groups excluding carboxylic acids is 1. The van der Waals surface area contributed by atoms with Crippen LogP contribution in [0.3, 0.4) is 0 Å². The summed E-state index contributed by atoms with van der Waals surface area (Å²) < 4.78 is 1.67. The van der Waals surface area contributed by atoms with Crippen LogP contribution in [-0.4, -0.2) is 15.3 Å². The Bertz CT molecular complexity index is 1170.